The summed E-state index contributed by atoms with van der Waals surface area (Å²) in [6.45, 7) is 2.19. The minimum atomic E-state index is -0.0820. The molecule has 3 rings (SSSR count). The third-order valence-electron chi connectivity index (χ3n) is 4.30. The first-order chi connectivity index (χ1) is 10.7. The molecule has 1 heterocycles. The molecule has 1 amide bonds. The van der Waals surface area contributed by atoms with Crippen molar-refractivity contribution in [1.82, 2.24) is 15.3 Å². The molecule has 2 atom stereocenters. The van der Waals surface area contributed by atoms with Gasteiger partial charge in [-0.1, -0.05) is 31.9 Å². The number of aromatic nitrogens is 2. The summed E-state index contributed by atoms with van der Waals surface area (Å²) in [6.07, 6.45) is 6.15. The zero-order valence-corrected chi connectivity index (χ0v) is 12.8. The first-order valence-corrected chi connectivity index (χ1v) is 7.86. The van der Waals surface area contributed by atoms with Gasteiger partial charge in [0.1, 0.15) is 6.33 Å². The van der Waals surface area contributed by atoms with Crippen molar-refractivity contribution < 1.29 is 9.53 Å². The largest absolute Gasteiger partial charge is 0.467 e. The molecular weight excluding hydrogens is 278 g/mol. The molecule has 0 spiro atoms. The monoisotopic (exact) mass is 299 g/mol. The van der Waals surface area contributed by atoms with E-state index in [-0.39, 0.29) is 18.6 Å². The van der Waals surface area contributed by atoms with E-state index in [1.807, 2.05) is 24.3 Å². The molecule has 2 aromatic rings. The number of amides is 1. The predicted octanol–water partition coefficient (Wildman–Crippen LogP) is 2.70. The topological polar surface area (TPSA) is 64.1 Å². The second kappa shape index (κ2) is 6.73. The summed E-state index contributed by atoms with van der Waals surface area (Å²) in [5, 5.41) is 3.90. The lowest BCUT2D eigenvalue weighted by atomic mass is 9.86. The summed E-state index contributed by atoms with van der Waals surface area (Å²) in [6, 6.07) is 7.88. The van der Waals surface area contributed by atoms with Gasteiger partial charge in [0.15, 0.2) is 6.61 Å². The number of ether oxygens (including phenoxy) is 1. The number of fused-ring (bicyclic) bond motifs is 1. The molecule has 1 fully saturated rings. The van der Waals surface area contributed by atoms with Gasteiger partial charge in [0.05, 0.1) is 10.9 Å². The Morgan fingerprint density at radius 2 is 2.09 bits per heavy atom. The molecule has 1 aliphatic rings. The second-order valence-corrected chi connectivity index (χ2v) is 5.92. The Morgan fingerprint density at radius 3 is 2.95 bits per heavy atom. The van der Waals surface area contributed by atoms with Crippen LogP contribution in [0.4, 0.5) is 0 Å². The maximum absolute atomic E-state index is 12.1. The number of carbonyl (C=O) groups is 1. The molecular formula is C17H21N3O2. The number of benzene rings is 1. The van der Waals surface area contributed by atoms with Crippen LogP contribution >= 0.6 is 0 Å². The van der Waals surface area contributed by atoms with E-state index in [2.05, 4.69) is 22.2 Å². The van der Waals surface area contributed by atoms with Crippen molar-refractivity contribution in [2.24, 2.45) is 5.92 Å². The SMILES string of the molecule is C[C@@H]1CCCC[C@H]1NC(=O)COc1ncnc2ccccc12. The van der Waals surface area contributed by atoms with Crippen molar-refractivity contribution in [3.05, 3.63) is 30.6 Å². The summed E-state index contributed by atoms with van der Waals surface area (Å²) in [5.74, 6) is 0.913. The highest BCUT2D eigenvalue weighted by atomic mass is 16.5. The Kier molecular flexibility index (Phi) is 4.51. The number of hydrogen-bond acceptors (Lipinski definition) is 4. The Morgan fingerprint density at radius 1 is 1.27 bits per heavy atom. The van der Waals surface area contributed by atoms with Gasteiger partial charge in [-0.2, -0.15) is 0 Å². The molecule has 116 valence electrons. The van der Waals surface area contributed by atoms with Gasteiger partial charge in [0, 0.05) is 6.04 Å². The Bertz CT molecular complexity index is 654. The number of hydrogen-bond donors (Lipinski definition) is 1. The van der Waals surface area contributed by atoms with Crippen LogP contribution in [-0.2, 0) is 4.79 Å². The molecule has 1 aromatic carbocycles. The predicted molar refractivity (Wildman–Crippen MR) is 84.6 cm³/mol. The van der Waals surface area contributed by atoms with Gasteiger partial charge in [-0.15, -0.1) is 0 Å². The van der Waals surface area contributed by atoms with E-state index in [1.54, 1.807) is 0 Å². The second-order valence-electron chi connectivity index (χ2n) is 5.92. The highest BCUT2D eigenvalue weighted by Gasteiger charge is 2.22. The minimum absolute atomic E-state index is 0.00969. The molecule has 1 N–H and O–H groups in total. The highest BCUT2D eigenvalue weighted by molar-refractivity contribution is 5.84. The lowest BCUT2D eigenvalue weighted by molar-refractivity contribution is -0.124. The number of nitrogens with zero attached hydrogens (tertiary/aromatic N) is 2. The van der Waals surface area contributed by atoms with Gasteiger partial charge in [0.25, 0.3) is 5.91 Å². The fourth-order valence-electron chi connectivity index (χ4n) is 3.01. The van der Waals surface area contributed by atoms with Crippen LogP contribution < -0.4 is 10.1 Å². The van der Waals surface area contributed by atoms with Gasteiger partial charge in [-0.05, 0) is 30.9 Å². The van der Waals surface area contributed by atoms with E-state index < -0.39 is 0 Å². The average molecular weight is 299 g/mol. The Hall–Kier alpha value is -2.17. The standard InChI is InChI=1S/C17H21N3O2/c1-12-6-2-4-8-14(12)20-16(21)10-22-17-13-7-3-5-9-15(13)18-11-19-17/h3,5,7,9,11-12,14H,2,4,6,8,10H2,1H3,(H,20,21)/t12-,14-/m1/s1. The van der Waals surface area contributed by atoms with Crippen molar-refractivity contribution >= 4 is 16.8 Å². The molecule has 0 unspecified atom stereocenters. The smallest absolute Gasteiger partial charge is 0.258 e. The third-order valence-corrected chi connectivity index (χ3v) is 4.30. The van der Waals surface area contributed by atoms with Crippen LogP contribution in [-0.4, -0.2) is 28.5 Å². The van der Waals surface area contributed by atoms with Crippen LogP contribution in [0.1, 0.15) is 32.6 Å². The molecule has 1 saturated carbocycles. The van der Waals surface area contributed by atoms with Crippen molar-refractivity contribution in [3.8, 4) is 5.88 Å². The molecule has 0 bridgehead atoms. The van der Waals surface area contributed by atoms with E-state index in [9.17, 15) is 4.79 Å². The summed E-state index contributed by atoms with van der Waals surface area (Å²) >= 11 is 0. The van der Waals surface area contributed by atoms with E-state index in [4.69, 9.17) is 4.74 Å². The van der Waals surface area contributed by atoms with E-state index in [0.717, 1.165) is 17.3 Å². The first-order valence-electron chi connectivity index (χ1n) is 7.86. The third kappa shape index (κ3) is 3.35. The van der Waals surface area contributed by atoms with Crippen LogP contribution in [0, 0.1) is 5.92 Å². The first kappa shape index (κ1) is 14.8. The minimum Gasteiger partial charge on any atom is -0.467 e. The molecule has 22 heavy (non-hydrogen) atoms. The van der Waals surface area contributed by atoms with Crippen molar-refractivity contribution in [2.75, 3.05) is 6.61 Å². The summed E-state index contributed by atoms with van der Waals surface area (Å²) < 4.78 is 5.59. The summed E-state index contributed by atoms with van der Waals surface area (Å²) in [7, 11) is 0. The Labute approximate surface area is 130 Å². The Balaban J connectivity index is 1.60. The van der Waals surface area contributed by atoms with Crippen LogP contribution in [0.2, 0.25) is 0 Å². The number of para-hydroxylation sites is 1. The number of nitrogens with one attached hydrogen (secondary N) is 1. The van der Waals surface area contributed by atoms with Crippen molar-refractivity contribution in [1.29, 1.82) is 0 Å². The van der Waals surface area contributed by atoms with Crippen LogP contribution in [0.5, 0.6) is 5.88 Å². The summed E-state index contributed by atoms with van der Waals surface area (Å²) in [5.41, 5.74) is 0.814. The molecule has 1 aromatic heterocycles. The maximum Gasteiger partial charge on any atom is 0.258 e. The van der Waals surface area contributed by atoms with E-state index in [1.165, 1.54) is 25.6 Å². The van der Waals surface area contributed by atoms with Crippen molar-refractivity contribution in [2.45, 2.75) is 38.6 Å². The van der Waals surface area contributed by atoms with Crippen LogP contribution in [0.15, 0.2) is 30.6 Å². The van der Waals surface area contributed by atoms with Gasteiger partial charge >= 0.3 is 0 Å². The van der Waals surface area contributed by atoms with Gasteiger partial charge in [-0.25, -0.2) is 9.97 Å². The zero-order valence-electron chi connectivity index (χ0n) is 12.8. The summed E-state index contributed by atoms with van der Waals surface area (Å²) in [4.78, 5) is 20.4. The number of carbonyl (C=O) groups excluding carboxylic acids is 1. The lowest BCUT2D eigenvalue weighted by Gasteiger charge is -2.29. The fourth-order valence-corrected chi connectivity index (χ4v) is 3.01. The normalized spacial score (nSPS) is 21.5. The molecule has 0 radical (unpaired) electrons. The maximum atomic E-state index is 12.1. The molecule has 5 heteroatoms. The molecule has 1 aliphatic carbocycles. The number of rotatable bonds is 4. The average Bonchev–Trinajstić information content (AvgIpc) is 2.55. The zero-order chi connectivity index (χ0) is 15.4. The van der Waals surface area contributed by atoms with Crippen LogP contribution in [0.3, 0.4) is 0 Å². The van der Waals surface area contributed by atoms with Crippen LogP contribution in [0.25, 0.3) is 10.9 Å². The molecule has 5 nitrogen and oxygen atoms in total. The fraction of sp³-hybridized carbons (Fsp3) is 0.471. The van der Waals surface area contributed by atoms with Gasteiger partial charge in [0.2, 0.25) is 5.88 Å². The lowest BCUT2D eigenvalue weighted by Crippen LogP contribution is -2.43. The molecule has 0 aliphatic heterocycles. The molecule has 0 saturated heterocycles. The van der Waals surface area contributed by atoms with E-state index >= 15 is 0 Å². The van der Waals surface area contributed by atoms with Gasteiger partial charge < -0.3 is 10.1 Å². The van der Waals surface area contributed by atoms with Gasteiger partial charge in [-0.3, -0.25) is 4.79 Å². The quantitative estimate of drug-likeness (QED) is 0.942. The highest BCUT2D eigenvalue weighted by Crippen LogP contribution is 2.24. The van der Waals surface area contributed by atoms with Crippen molar-refractivity contribution in [3.63, 3.8) is 0 Å². The van der Waals surface area contributed by atoms with E-state index in [0.29, 0.717) is 11.8 Å².